The van der Waals surface area contributed by atoms with Crippen LogP contribution in [0.5, 0.6) is 5.75 Å². The van der Waals surface area contributed by atoms with Crippen molar-refractivity contribution in [1.29, 1.82) is 0 Å². The molecule has 1 amide bonds. The molecule has 0 heterocycles. The predicted octanol–water partition coefficient (Wildman–Crippen LogP) is 5.43. The Morgan fingerprint density at radius 1 is 0.917 bits per heavy atom. The number of esters is 1. The van der Waals surface area contributed by atoms with Crippen molar-refractivity contribution >= 4 is 12.1 Å². The van der Waals surface area contributed by atoms with Crippen molar-refractivity contribution in [3.05, 3.63) is 77.4 Å². The van der Waals surface area contributed by atoms with E-state index >= 15 is 0 Å². The number of carbonyl (C=O) groups excluding carboxylic acids is 2. The summed E-state index contributed by atoms with van der Waals surface area (Å²) in [6, 6.07) is 16.1. The fourth-order valence-corrected chi connectivity index (χ4v) is 3.64. The number of methoxy groups -OCH3 is 1. The van der Waals surface area contributed by atoms with Gasteiger partial charge in [0.25, 0.3) is 0 Å². The number of nitrogens with one attached hydrogen (secondary N) is 1. The van der Waals surface area contributed by atoms with E-state index in [1.807, 2.05) is 0 Å². The summed E-state index contributed by atoms with van der Waals surface area (Å²) in [7, 11) is 1.22. The number of benzene rings is 3. The standard InChI is InChI=1S/C30H27NO5/c1-7-19-11-9-13-21(15-19)24-17-23(26(28(33)35-6)31-29(34)36-30(3,4)5)18-25(27(24)32)22-14-10-12-20(8-2)16-22/h1-2,9-18,26,32H,3-6H3,(H,31,34)/t26-/m1/s1. The first-order chi connectivity index (χ1) is 17.1. The smallest absolute Gasteiger partial charge is 0.408 e. The van der Waals surface area contributed by atoms with E-state index in [0.717, 1.165) is 0 Å². The zero-order valence-corrected chi connectivity index (χ0v) is 20.6. The average Bonchev–Trinajstić information content (AvgIpc) is 2.86. The summed E-state index contributed by atoms with van der Waals surface area (Å²) >= 11 is 0. The first kappa shape index (κ1) is 25.9. The molecule has 182 valence electrons. The molecular weight excluding hydrogens is 454 g/mol. The molecule has 2 N–H and O–H groups in total. The average molecular weight is 482 g/mol. The minimum absolute atomic E-state index is 0.0389. The highest BCUT2D eigenvalue weighted by Gasteiger charge is 2.28. The zero-order chi connectivity index (χ0) is 26.5. The molecule has 3 rings (SSSR count). The van der Waals surface area contributed by atoms with Gasteiger partial charge in [-0.15, -0.1) is 12.8 Å². The monoisotopic (exact) mass is 481 g/mol. The summed E-state index contributed by atoms with van der Waals surface area (Å²) in [6.07, 6.45) is 10.4. The Bertz CT molecular complexity index is 1310. The lowest BCUT2D eigenvalue weighted by Gasteiger charge is -2.24. The number of rotatable bonds is 5. The summed E-state index contributed by atoms with van der Waals surface area (Å²) in [5, 5.41) is 13.9. The molecule has 0 saturated carbocycles. The van der Waals surface area contributed by atoms with E-state index < -0.39 is 23.7 Å². The van der Waals surface area contributed by atoms with Crippen LogP contribution in [0.4, 0.5) is 4.79 Å². The maximum Gasteiger partial charge on any atom is 0.408 e. The van der Waals surface area contributed by atoms with E-state index in [9.17, 15) is 14.7 Å². The van der Waals surface area contributed by atoms with E-state index in [2.05, 4.69) is 17.2 Å². The zero-order valence-electron chi connectivity index (χ0n) is 20.6. The molecule has 6 nitrogen and oxygen atoms in total. The van der Waals surface area contributed by atoms with Crippen LogP contribution < -0.4 is 5.32 Å². The van der Waals surface area contributed by atoms with Crippen molar-refractivity contribution in [1.82, 2.24) is 5.32 Å². The van der Waals surface area contributed by atoms with Crippen LogP contribution >= 0.6 is 0 Å². The summed E-state index contributed by atoms with van der Waals surface area (Å²) in [6.45, 7) is 5.15. The number of phenols is 1. The molecule has 0 bridgehead atoms. The second-order valence-corrected chi connectivity index (χ2v) is 9.02. The van der Waals surface area contributed by atoms with Gasteiger partial charge in [-0.25, -0.2) is 9.59 Å². The molecule has 0 spiro atoms. The molecule has 3 aromatic rings. The Balaban J connectivity index is 2.25. The van der Waals surface area contributed by atoms with Crippen molar-refractivity contribution in [2.45, 2.75) is 32.4 Å². The summed E-state index contributed by atoms with van der Waals surface area (Å²) in [4.78, 5) is 25.4. The quantitative estimate of drug-likeness (QED) is 0.375. The second kappa shape index (κ2) is 10.7. The number of carbonyl (C=O) groups is 2. The van der Waals surface area contributed by atoms with Crippen LogP contribution in [0.3, 0.4) is 0 Å². The van der Waals surface area contributed by atoms with Gasteiger partial charge in [0.15, 0.2) is 6.04 Å². The number of aromatic hydroxyl groups is 1. The minimum Gasteiger partial charge on any atom is -0.507 e. The molecule has 0 aliphatic heterocycles. The van der Waals surface area contributed by atoms with Crippen molar-refractivity contribution in [3.8, 4) is 52.7 Å². The molecule has 0 fully saturated rings. The summed E-state index contributed by atoms with van der Waals surface area (Å²) in [5.41, 5.74) is 2.89. The van der Waals surface area contributed by atoms with Crippen molar-refractivity contribution in [2.75, 3.05) is 7.11 Å². The van der Waals surface area contributed by atoms with E-state index in [1.54, 1.807) is 81.4 Å². The Hall–Kier alpha value is -4.68. The van der Waals surface area contributed by atoms with Gasteiger partial charge in [-0.05, 0) is 73.9 Å². The van der Waals surface area contributed by atoms with Crippen LogP contribution in [0.2, 0.25) is 0 Å². The van der Waals surface area contributed by atoms with Gasteiger partial charge in [-0.2, -0.15) is 0 Å². The lowest BCUT2D eigenvalue weighted by Crippen LogP contribution is -2.38. The fourth-order valence-electron chi connectivity index (χ4n) is 3.64. The highest BCUT2D eigenvalue weighted by atomic mass is 16.6. The lowest BCUT2D eigenvalue weighted by atomic mass is 9.91. The Labute approximate surface area is 211 Å². The van der Waals surface area contributed by atoms with E-state index in [1.165, 1.54) is 7.11 Å². The van der Waals surface area contributed by atoms with Crippen LogP contribution in [0.1, 0.15) is 43.5 Å². The van der Waals surface area contributed by atoms with Crippen LogP contribution in [0, 0.1) is 24.7 Å². The number of phenolic OH excluding ortho intramolecular Hbond substituents is 1. The van der Waals surface area contributed by atoms with Gasteiger partial charge in [-0.3, -0.25) is 0 Å². The van der Waals surface area contributed by atoms with Crippen LogP contribution in [-0.2, 0) is 14.3 Å². The van der Waals surface area contributed by atoms with E-state index in [-0.39, 0.29) is 5.75 Å². The molecular formula is C30H27NO5. The molecule has 0 aliphatic rings. The molecule has 36 heavy (non-hydrogen) atoms. The van der Waals surface area contributed by atoms with E-state index in [0.29, 0.717) is 38.9 Å². The molecule has 0 radical (unpaired) electrons. The van der Waals surface area contributed by atoms with Crippen LogP contribution in [-0.4, -0.2) is 29.9 Å². The highest BCUT2D eigenvalue weighted by molar-refractivity contribution is 5.88. The van der Waals surface area contributed by atoms with Gasteiger partial charge < -0.3 is 19.9 Å². The number of hydrogen-bond acceptors (Lipinski definition) is 5. The fraction of sp³-hybridized carbons (Fsp3) is 0.200. The number of alkyl carbamates (subject to hydrolysis) is 1. The number of hydrogen-bond donors (Lipinski definition) is 2. The number of terminal acetylenes is 2. The van der Waals surface area contributed by atoms with E-state index in [4.69, 9.17) is 22.3 Å². The van der Waals surface area contributed by atoms with Gasteiger partial charge in [0.2, 0.25) is 0 Å². The highest BCUT2D eigenvalue weighted by Crippen LogP contribution is 2.41. The third-order valence-electron chi connectivity index (χ3n) is 5.24. The van der Waals surface area contributed by atoms with Crippen LogP contribution in [0.25, 0.3) is 22.3 Å². The van der Waals surface area contributed by atoms with Crippen molar-refractivity contribution < 1.29 is 24.2 Å². The van der Waals surface area contributed by atoms with Crippen LogP contribution in [0.15, 0.2) is 60.7 Å². The van der Waals surface area contributed by atoms with Gasteiger partial charge >= 0.3 is 12.1 Å². The normalized spacial score (nSPS) is 11.5. The molecule has 6 heteroatoms. The Morgan fingerprint density at radius 2 is 1.42 bits per heavy atom. The third kappa shape index (κ3) is 6.05. The second-order valence-electron chi connectivity index (χ2n) is 9.02. The lowest BCUT2D eigenvalue weighted by molar-refractivity contribution is -0.143. The molecule has 1 atom stereocenters. The van der Waals surface area contributed by atoms with Crippen molar-refractivity contribution in [2.24, 2.45) is 0 Å². The minimum atomic E-state index is -1.21. The van der Waals surface area contributed by atoms with Gasteiger partial charge in [0, 0.05) is 22.3 Å². The van der Waals surface area contributed by atoms with Crippen molar-refractivity contribution in [3.63, 3.8) is 0 Å². The predicted molar refractivity (Wildman–Crippen MR) is 139 cm³/mol. The molecule has 0 saturated heterocycles. The summed E-state index contributed by atoms with van der Waals surface area (Å²) < 4.78 is 10.3. The maximum atomic E-state index is 12.8. The summed E-state index contributed by atoms with van der Waals surface area (Å²) in [5.74, 6) is 4.41. The Kier molecular flexibility index (Phi) is 7.72. The first-order valence-electron chi connectivity index (χ1n) is 11.1. The topological polar surface area (TPSA) is 84.9 Å². The molecule has 0 aromatic heterocycles. The van der Waals surface area contributed by atoms with Gasteiger partial charge in [0.05, 0.1) is 7.11 Å². The van der Waals surface area contributed by atoms with Gasteiger partial charge in [0.1, 0.15) is 11.4 Å². The number of ether oxygens (including phenoxy) is 2. The molecule has 0 aliphatic carbocycles. The number of amides is 1. The first-order valence-corrected chi connectivity index (χ1v) is 11.1. The maximum absolute atomic E-state index is 12.8. The van der Waals surface area contributed by atoms with Gasteiger partial charge in [-0.1, -0.05) is 36.1 Å². The SMILES string of the molecule is C#Cc1cccc(-c2cc([C@@H](NC(=O)OC(C)(C)C)C(=O)OC)cc(-c3cccc(C#C)c3)c2O)c1. The Morgan fingerprint density at radius 3 is 1.83 bits per heavy atom. The largest absolute Gasteiger partial charge is 0.507 e. The molecule has 0 unspecified atom stereocenters. The third-order valence-corrected chi connectivity index (χ3v) is 5.24. The molecule has 3 aromatic carbocycles.